The number of methoxy groups -OCH3 is 1. The number of piperidine rings is 1. The van der Waals surface area contributed by atoms with E-state index in [4.69, 9.17) is 10.5 Å². The minimum atomic E-state index is 0.299. The van der Waals surface area contributed by atoms with Gasteiger partial charge in [0.05, 0.1) is 18.1 Å². The van der Waals surface area contributed by atoms with Gasteiger partial charge in [-0.1, -0.05) is 6.92 Å². The Morgan fingerprint density at radius 2 is 2.20 bits per heavy atom. The van der Waals surface area contributed by atoms with E-state index in [1.54, 1.807) is 7.11 Å². The number of hydrogen-bond donors (Lipinski definition) is 1. The van der Waals surface area contributed by atoms with Crippen molar-refractivity contribution in [2.24, 2.45) is 11.7 Å². The number of hydrogen-bond acceptors (Lipinski definition) is 4. The van der Waals surface area contributed by atoms with Gasteiger partial charge in [-0.3, -0.25) is 4.90 Å². The third-order valence-corrected chi connectivity index (χ3v) is 4.27. The summed E-state index contributed by atoms with van der Waals surface area (Å²) in [7, 11) is 1.79. The van der Waals surface area contributed by atoms with Crippen LogP contribution in [0, 0.1) is 5.92 Å². The summed E-state index contributed by atoms with van der Waals surface area (Å²) in [5, 5.41) is 0. The van der Waals surface area contributed by atoms with Gasteiger partial charge < -0.3 is 15.0 Å². The van der Waals surface area contributed by atoms with Crippen molar-refractivity contribution in [1.29, 1.82) is 0 Å². The van der Waals surface area contributed by atoms with Crippen LogP contribution in [0.2, 0.25) is 0 Å². The molecule has 20 heavy (non-hydrogen) atoms. The Kier molecular flexibility index (Phi) is 6.01. The Morgan fingerprint density at radius 1 is 1.45 bits per heavy atom. The number of ether oxygens (including phenoxy) is 1. The number of nitrogens with two attached hydrogens (primary N) is 1. The zero-order valence-electron chi connectivity index (χ0n) is 12.8. The van der Waals surface area contributed by atoms with Crippen molar-refractivity contribution < 1.29 is 4.74 Å². The topological polar surface area (TPSA) is 56.3 Å². The highest BCUT2D eigenvalue weighted by Gasteiger charge is 2.27. The van der Waals surface area contributed by atoms with Crippen LogP contribution < -0.4 is 5.73 Å². The molecule has 5 nitrogen and oxygen atoms in total. The molecule has 0 bridgehead atoms. The van der Waals surface area contributed by atoms with E-state index in [0.717, 1.165) is 32.7 Å². The van der Waals surface area contributed by atoms with E-state index >= 15 is 0 Å². The second-order valence-corrected chi connectivity index (χ2v) is 5.70. The molecule has 0 aliphatic carbocycles. The minimum absolute atomic E-state index is 0.299. The highest BCUT2D eigenvalue weighted by molar-refractivity contribution is 5.07. The Hall–Kier alpha value is -0.910. The second-order valence-electron chi connectivity index (χ2n) is 5.70. The van der Waals surface area contributed by atoms with Crippen LogP contribution in [0.1, 0.15) is 37.9 Å². The van der Waals surface area contributed by atoms with Crippen molar-refractivity contribution in [2.45, 2.75) is 38.8 Å². The van der Waals surface area contributed by atoms with Crippen molar-refractivity contribution in [3.05, 3.63) is 18.2 Å². The molecule has 0 saturated carbocycles. The van der Waals surface area contributed by atoms with Crippen molar-refractivity contribution in [1.82, 2.24) is 14.5 Å². The third kappa shape index (κ3) is 3.59. The van der Waals surface area contributed by atoms with Gasteiger partial charge in [0.2, 0.25) is 0 Å². The Morgan fingerprint density at radius 3 is 2.80 bits per heavy atom. The molecular formula is C15H28N4O. The lowest BCUT2D eigenvalue weighted by Crippen LogP contribution is -2.41. The molecule has 114 valence electrons. The van der Waals surface area contributed by atoms with Gasteiger partial charge in [-0.2, -0.15) is 0 Å². The Labute approximate surface area is 122 Å². The van der Waals surface area contributed by atoms with E-state index < -0.39 is 0 Å². The summed E-state index contributed by atoms with van der Waals surface area (Å²) >= 11 is 0. The lowest BCUT2D eigenvalue weighted by atomic mass is 9.96. The average molecular weight is 280 g/mol. The minimum Gasteiger partial charge on any atom is -0.384 e. The molecule has 1 aliphatic heterocycles. The van der Waals surface area contributed by atoms with Crippen LogP contribution in [-0.2, 0) is 11.3 Å². The zero-order valence-corrected chi connectivity index (χ0v) is 12.8. The first kappa shape index (κ1) is 15.5. The van der Waals surface area contributed by atoms with E-state index in [9.17, 15) is 0 Å². The third-order valence-electron chi connectivity index (χ3n) is 4.27. The summed E-state index contributed by atoms with van der Waals surface area (Å²) in [6.45, 7) is 6.96. The van der Waals surface area contributed by atoms with Gasteiger partial charge in [-0.05, 0) is 38.3 Å². The maximum atomic E-state index is 6.05. The van der Waals surface area contributed by atoms with Crippen LogP contribution in [0.5, 0.6) is 0 Å². The summed E-state index contributed by atoms with van der Waals surface area (Å²) in [5.74, 6) is 0.704. The predicted molar refractivity (Wildman–Crippen MR) is 80.5 cm³/mol. The molecule has 2 N–H and O–H groups in total. The fourth-order valence-corrected chi connectivity index (χ4v) is 3.16. The molecule has 2 rings (SSSR count). The van der Waals surface area contributed by atoms with Gasteiger partial charge in [-0.25, -0.2) is 4.98 Å². The lowest BCUT2D eigenvalue weighted by Gasteiger charge is -2.37. The van der Waals surface area contributed by atoms with E-state index in [2.05, 4.69) is 21.4 Å². The molecule has 0 spiro atoms. The van der Waals surface area contributed by atoms with Gasteiger partial charge in [0, 0.05) is 33.0 Å². The van der Waals surface area contributed by atoms with E-state index in [1.165, 1.54) is 18.5 Å². The number of rotatable bonds is 7. The van der Waals surface area contributed by atoms with E-state index in [-0.39, 0.29) is 0 Å². The molecule has 2 heterocycles. The van der Waals surface area contributed by atoms with Gasteiger partial charge in [0.1, 0.15) is 0 Å². The smallest absolute Gasteiger partial charge is 0.0948 e. The molecule has 1 aliphatic rings. The number of aryl methyl sites for hydroxylation is 1. The van der Waals surface area contributed by atoms with Gasteiger partial charge in [0.25, 0.3) is 0 Å². The molecule has 1 unspecified atom stereocenters. The van der Waals surface area contributed by atoms with E-state index in [1.807, 2.05) is 12.5 Å². The molecule has 0 radical (unpaired) electrons. The predicted octanol–water partition coefficient (Wildman–Crippen LogP) is 1.65. The maximum absolute atomic E-state index is 6.05. The summed E-state index contributed by atoms with van der Waals surface area (Å²) in [6, 6.07) is 0.299. The molecule has 1 saturated heterocycles. The Bertz CT molecular complexity index is 385. The molecule has 0 aromatic carbocycles. The van der Waals surface area contributed by atoms with Crippen molar-refractivity contribution in [3.8, 4) is 0 Å². The lowest BCUT2D eigenvalue weighted by molar-refractivity contribution is 0.0792. The zero-order chi connectivity index (χ0) is 14.4. The highest BCUT2D eigenvalue weighted by Crippen LogP contribution is 2.26. The largest absolute Gasteiger partial charge is 0.384 e. The van der Waals surface area contributed by atoms with Crippen molar-refractivity contribution >= 4 is 0 Å². The van der Waals surface area contributed by atoms with Gasteiger partial charge in [-0.15, -0.1) is 0 Å². The maximum Gasteiger partial charge on any atom is 0.0948 e. The van der Waals surface area contributed by atoms with Crippen molar-refractivity contribution in [3.63, 3.8) is 0 Å². The number of likely N-dealkylation sites (tertiary alicyclic amines) is 1. The Balaban J connectivity index is 2.00. The first-order valence-electron chi connectivity index (χ1n) is 7.73. The van der Waals surface area contributed by atoms with Crippen LogP contribution in [0.4, 0.5) is 0 Å². The van der Waals surface area contributed by atoms with E-state index in [0.29, 0.717) is 18.5 Å². The molecule has 0 amide bonds. The van der Waals surface area contributed by atoms with Crippen LogP contribution in [-0.4, -0.2) is 47.8 Å². The van der Waals surface area contributed by atoms with Crippen molar-refractivity contribution in [2.75, 3.05) is 33.4 Å². The number of nitrogens with zero attached hydrogens (tertiary/aromatic N) is 3. The van der Waals surface area contributed by atoms with Crippen LogP contribution in [0.25, 0.3) is 0 Å². The summed E-state index contributed by atoms with van der Waals surface area (Å²) < 4.78 is 7.52. The SMILES string of the molecule is CCCn1cncc1C(CN)N1CCC(COC)CC1. The van der Waals surface area contributed by atoms with Crippen LogP contribution >= 0.6 is 0 Å². The summed E-state index contributed by atoms with van der Waals surface area (Å²) in [6.07, 6.45) is 7.43. The second kappa shape index (κ2) is 7.76. The fraction of sp³-hybridized carbons (Fsp3) is 0.800. The van der Waals surface area contributed by atoms with Gasteiger partial charge in [0.15, 0.2) is 0 Å². The molecule has 1 fully saturated rings. The monoisotopic (exact) mass is 280 g/mol. The number of aromatic nitrogens is 2. The summed E-state index contributed by atoms with van der Waals surface area (Å²) in [4.78, 5) is 6.82. The molecule has 1 aromatic rings. The standard InChI is InChI=1S/C15H28N4O/c1-3-6-19-12-17-10-15(19)14(9-16)18-7-4-13(5-8-18)11-20-2/h10,12-14H,3-9,11,16H2,1-2H3. The molecular weight excluding hydrogens is 252 g/mol. The molecule has 5 heteroatoms. The normalized spacial score (nSPS) is 19.4. The first-order valence-corrected chi connectivity index (χ1v) is 7.73. The number of imidazole rings is 1. The molecule has 1 aromatic heterocycles. The molecule has 1 atom stereocenters. The van der Waals surface area contributed by atoms with Gasteiger partial charge >= 0.3 is 0 Å². The van der Waals surface area contributed by atoms with Crippen LogP contribution in [0.3, 0.4) is 0 Å². The summed E-state index contributed by atoms with van der Waals surface area (Å²) in [5.41, 5.74) is 7.31. The first-order chi connectivity index (χ1) is 9.80. The highest BCUT2D eigenvalue weighted by atomic mass is 16.5. The average Bonchev–Trinajstić information content (AvgIpc) is 2.91. The fourth-order valence-electron chi connectivity index (χ4n) is 3.16. The van der Waals surface area contributed by atoms with Crippen LogP contribution in [0.15, 0.2) is 12.5 Å². The quantitative estimate of drug-likeness (QED) is 0.825.